The third-order valence-corrected chi connectivity index (χ3v) is 13.3. The maximum Gasteiger partial charge on any atom is 0.217 e. The second-order valence-electron chi connectivity index (χ2n) is 15.7. The Balaban J connectivity index is 0.000000185. The first-order valence-electron chi connectivity index (χ1n) is 19.5. The molecule has 0 amide bonds. The van der Waals surface area contributed by atoms with Crippen LogP contribution < -0.4 is 0 Å². The number of unbranched alkanes of at least 4 members (excludes halogenated alkanes) is 1. The average Bonchev–Trinajstić information content (AvgIpc) is 3.09. The molecular weight excluding hydrogens is 629 g/mol. The van der Waals surface area contributed by atoms with Gasteiger partial charge in [0.25, 0.3) is 0 Å². The van der Waals surface area contributed by atoms with Crippen LogP contribution in [-0.2, 0) is 0 Å². The van der Waals surface area contributed by atoms with E-state index in [1.165, 1.54) is 109 Å². The fraction of sp³-hybridized carbons (Fsp3) is 0.756. The highest BCUT2D eigenvalue weighted by molar-refractivity contribution is 6.29. The van der Waals surface area contributed by atoms with Gasteiger partial charge in [0.2, 0.25) is 11.9 Å². The Kier molecular flexibility index (Phi) is 14.7. The van der Waals surface area contributed by atoms with Crippen molar-refractivity contribution in [2.75, 3.05) is 0 Å². The van der Waals surface area contributed by atoms with E-state index < -0.39 is 0 Å². The first-order valence-corrected chi connectivity index (χ1v) is 20.2. The van der Waals surface area contributed by atoms with Crippen LogP contribution in [0.15, 0.2) is 24.3 Å². The third-order valence-electron chi connectivity index (χ3n) is 12.9. The lowest BCUT2D eigenvalue weighted by molar-refractivity contribution is 0.155. The van der Waals surface area contributed by atoms with Crippen molar-refractivity contribution in [3.63, 3.8) is 0 Å². The van der Waals surface area contributed by atoms with Gasteiger partial charge in [-0.25, -0.2) is 9.97 Å². The van der Waals surface area contributed by atoms with Crippen LogP contribution in [0.1, 0.15) is 172 Å². The zero-order chi connectivity index (χ0) is 33.2. The Morgan fingerprint density at radius 2 is 0.872 bits per heavy atom. The predicted octanol–water partition coefficient (Wildman–Crippen LogP) is 13.9. The summed E-state index contributed by atoms with van der Waals surface area (Å²) >= 11 is 11.5. The van der Waals surface area contributed by atoms with Crippen LogP contribution in [0.3, 0.4) is 0 Å². The summed E-state index contributed by atoms with van der Waals surface area (Å²) in [4.78, 5) is 7.57. The maximum absolute atomic E-state index is 14.0. The van der Waals surface area contributed by atoms with E-state index in [0.717, 1.165) is 72.3 Å². The molecule has 262 valence electrons. The zero-order valence-corrected chi connectivity index (χ0v) is 30.7. The van der Waals surface area contributed by atoms with Crippen LogP contribution in [-0.4, -0.2) is 9.97 Å². The summed E-state index contributed by atoms with van der Waals surface area (Å²) in [5, 5.41) is 0.508. The van der Waals surface area contributed by atoms with E-state index in [0.29, 0.717) is 11.8 Å². The molecule has 2 heterocycles. The summed E-state index contributed by atoms with van der Waals surface area (Å²) in [7, 11) is 0. The molecule has 47 heavy (non-hydrogen) atoms. The second-order valence-corrected chi connectivity index (χ2v) is 16.5. The Morgan fingerprint density at radius 3 is 1.21 bits per heavy atom. The average molecular weight is 690 g/mol. The van der Waals surface area contributed by atoms with E-state index in [2.05, 4.69) is 23.8 Å². The van der Waals surface area contributed by atoms with Crippen molar-refractivity contribution in [2.24, 2.45) is 35.5 Å². The van der Waals surface area contributed by atoms with Crippen molar-refractivity contribution in [1.29, 1.82) is 0 Å². The van der Waals surface area contributed by atoms with Gasteiger partial charge in [0.05, 0.1) is 0 Å². The fourth-order valence-electron chi connectivity index (χ4n) is 10.1. The molecular formula is C41H60Cl2F2N2. The highest BCUT2D eigenvalue weighted by Gasteiger charge is 2.33. The summed E-state index contributed by atoms with van der Waals surface area (Å²) in [5.74, 6) is 5.54. The van der Waals surface area contributed by atoms with E-state index >= 15 is 0 Å². The van der Waals surface area contributed by atoms with Crippen molar-refractivity contribution in [1.82, 2.24) is 9.97 Å². The van der Waals surface area contributed by atoms with Crippen molar-refractivity contribution in [3.8, 4) is 0 Å². The number of nitrogens with zero attached hydrogens (tertiary/aromatic N) is 2. The van der Waals surface area contributed by atoms with Crippen molar-refractivity contribution in [3.05, 3.63) is 57.6 Å². The number of aromatic nitrogens is 2. The van der Waals surface area contributed by atoms with Gasteiger partial charge in [-0.2, -0.15) is 8.78 Å². The summed E-state index contributed by atoms with van der Waals surface area (Å²) in [5.41, 5.74) is 1.56. The summed E-state index contributed by atoms with van der Waals surface area (Å²) in [6.45, 7) is 4.60. The molecule has 6 heteroatoms. The van der Waals surface area contributed by atoms with Gasteiger partial charge < -0.3 is 0 Å². The van der Waals surface area contributed by atoms with Crippen LogP contribution >= 0.6 is 23.2 Å². The van der Waals surface area contributed by atoms with E-state index in [1.807, 2.05) is 12.1 Å². The first kappa shape index (κ1) is 37.0. The highest BCUT2D eigenvalue weighted by atomic mass is 35.5. The topological polar surface area (TPSA) is 25.8 Å². The molecule has 0 radical (unpaired) electrons. The zero-order valence-electron chi connectivity index (χ0n) is 29.2. The molecule has 2 nitrogen and oxygen atoms in total. The van der Waals surface area contributed by atoms with Crippen LogP contribution in [0.5, 0.6) is 0 Å². The van der Waals surface area contributed by atoms with E-state index in [4.69, 9.17) is 23.2 Å². The lowest BCUT2D eigenvalue weighted by Gasteiger charge is -2.38. The Hall–Kier alpha value is -1.26. The maximum atomic E-state index is 14.0. The highest BCUT2D eigenvalue weighted by Crippen LogP contribution is 2.46. The minimum absolute atomic E-state index is 0.253. The molecule has 4 fully saturated rings. The van der Waals surface area contributed by atoms with Gasteiger partial charge in [-0.1, -0.05) is 107 Å². The number of halogens is 4. The molecule has 0 N–H and O–H groups in total. The van der Waals surface area contributed by atoms with Crippen LogP contribution in [0.25, 0.3) is 0 Å². The van der Waals surface area contributed by atoms with Crippen LogP contribution in [0, 0.1) is 47.4 Å². The van der Waals surface area contributed by atoms with Crippen LogP contribution in [0.2, 0.25) is 10.3 Å². The molecule has 6 rings (SSSR count). The Morgan fingerprint density at radius 1 is 0.511 bits per heavy atom. The van der Waals surface area contributed by atoms with Gasteiger partial charge in [-0.05, 0) is 137 Å². The third kappa shape index (κ3) is 10.6. The summed E-state index contributed by atoms with van der Waals surface area (Å²) in [6, 6.07) is 7.13. The number of rotatable bonds is 9. The van der Waals surface area contributed by atoms with E-state index in [1.54, 1.807) is 12.1 Å². The molecule has 0 bridgehead atoms. The molecule has 0 saturated heterocycles. The SMILES string of the molecule is CCCC[C@H]1CC[C@H]([C@H]2CC[C@H](c3ccc(Cl)nc3F)CC2)CC1.CCC[C@H]1CC[C@H]([C@H]2CC[C@H](c3ccc(Cl)nc3F)CC2)CC1. The molecule has 0 aromatic carbocycles. The number of pyridine rings is 2. The molecule has 4 aliphatic carbocycles. The van der Waals surface area contributed by atoms with Crippen molar-refractivity contribution >= 4 is 23.2 Å². The molecule has 4 aliphatic rings. The van der Waals surface area contributed by atoms with Gasteiger partial charge in [0, 0.05) is 11.1 Å². The molecule has 2 aromatic heterocycles. The molecule has 2 aromatic rings. The summed E-state index contributed by atoms with van der Waals surface area (Å²) < 4.78 is 28.0. The quantitative estimate of drug-likeness (QED) is 0.245. The normalized spacial score (nSPS) is 31.5. The number of hydrogen-bond donors (Lipinski definition) is 0. The standard InChI is InChI=1S/C21H31ClFN.C20H29ClFN/c1-2-3-4-15-5-7-16(8-6-15)17-9-11-18(12-10-17)19-13-14-20(22)24-21(19)23;1-2-3-14-4-6-15(7-5-14)16-8-10-17(11-9-16)18-12-13-19(21)23-20(18)22/h13-18H,2-12H2,1H3;12-17H,2-11H2,1H3/t15-,16-,17-,18-;14-,15-,16-,17-. The van der Waals surface area contributed by atoms with Gasteiger partial charge >= 0.3 is 0 Å². The molecule has 0 atom stereocenters. The second kappa shape index (κ2) is 18.7. The monoisotopic (exact) mass is 688 g/mol. The lowest BCUT2D eigenvalue weighted by atomic mass is 9.68. The Bertz CT molecular complexity index is 1210. The number of hydrogen-bond acceptors (Lipinski definition) is 2. The first-order chi connectivity index (χ1) is 22.8. The van der Waals surface area contributed by atoms with Gasteiger partial charge in [0.1, 0.15) is 10.3 Å². The molecule has 0 spiro atoms. The van der Waals surface area contributed by atoms with Crippen molar-refractivity contribution < 1.29 is 8.78 Å². The Labute approximate surface area is 294 Å². The lowest BCUT2D eigenvalue weighted by Crippen LogP contribution is -2.25. The smallest absolute Gasteiger partial charge is 0.208 e. The van der Waals surface area contributed by atoms with E-state index in [9.17, 15) is 8.78 Å². The largest absolute Gasteiger partial charge is 0.217 e. The fourth-order valence-corrected chi connectivity index (χ4v) is 10.3. The summed E-state index contributed by atoms with van der Waals surface area (Å²) in [6.07, 6.45) is 27.9. The molecule has 4 saturated carbocycles. The minimum Gasteiger partial charge on any atom is -0.208 e. The minimum atomic E-state index is -0.360. The van der Waals surface area contributed by atoms with Gasteiger partial charge in [-0.15, -0.1) is 0 Å². The van der Waals surface area contributed by atoms with Crippen LogP contribution in [0.4, 0.5) is 8.78 Å². The molecule has 0 unspecified atom stereocenters. The van der Waals surface area contributed by atoms with Gasteiger partial charge in [-0.3, -0.25) is 0 Å². The van der Waals surface area contributed by atoms with Crippen molar-refractivity contribution in [2.45, 2.75) is 161 Å². The van der Waals surface area contributed by atoms with E-state index in [-0.39, 0.29) is 22.2 Å². The predicted molar refractivity (Wildman–Crippen MR) is 193 cm³/mol. The molecule has 0 aliphatic heterocycles. The van der Waals surface area contributed by atoms with Gasteiger partial charge in [0.15, 0.2) is 0 Å².